The summed E-state index contributed by atoms with van der Waals surface area (Å²) >= 11 is 5.90. The van der Waals surface area contributed by atoms with Crippen LogP contribution in [0.4, 0.5) is 4.79 Å². The van der Waals surface area contributed by atoms with Gasteiger partial charge in [0.1, 0.15) is 0 Å². The van der Waals surface area contributed by atoms with Crippen molar-refractivity contribution >= 4 is 43.6 Å². The first-order valence-corrected chi connectivity index (χ1v) is 13.4. The van der Waals surface area contributed by atoms with Crippen molar-refractivity contribution in [1.82, 2.24) is 10.4 Å². The van der Waals surface area contributed by atoms with Gasteiger partial charge in [-0.05, 0) is 23.7 Å². The van der Waals surface area contributed by atoms with Crippen LogP contribution in [0, 0.1) is 0 Å². The molecule has 1 heterocycles. The second-order valence-electron chi connectivity index (χ2n) is 7.94. The van der Waals surface area contributed by atoms with E-state index in [0.29, 0.717) is 15.6 Å². The molecule has 1 aliphatic rings. The molecule has 0 bridgehead atoms. The maximum absolute atomic E-state index is 12.3. The summed E-state index contributed by atoms with van der Waals surface area (Å²) in [5.74, 6) is -1.95. The molecule has 1 aliphatic heterocycles. The number of hydroxylamine groups is 2. The molecule has 0 radical (unpaired) electrons. The number of hydrogen-bond acceptors (Lipinski definition) is 6. The van der Waals surface area contributed by atoms with E-state index in [1.54, 1.807) is 24.3 Å². The van der Waals surface area contributed by atoms with Crippen LogP contribution in [0.15, 0.2) is 24.3 Å². The number of amides is 3. The molecular formula is C19H25ClN2O6Si. The van der Waals surface area contributed by atoms with E-state index in [4.69, 9.17) is 21.2 Å². The average molecular weight is 441 g/mol. The van der Waals surface area contributed by atoms with Gasteiger partial charge >= 0.3 is 12.1 Å². The van der Waals surface area contributed by atoms with Crippen LogP contribution in [0.2, 0.25) is 30.7 Å². The van der Waals surface area contributed by atoms with Gasteiger partial charge in [-0.2, -0.15) is 0 Å². The number of ether oxygens (including phenoxy) is 1. The number of carbonyl (C=O) groups excluding carboxylic acids is 4. The molecule has 0 aliphatic carbocycles. The summed E-state index contributed by atoms with van der Waals surface area (Å²) in [6.07, 6.45) is -0.936. The van der Waals surface area contributed by atoms with Gasteiger partial charge < -0.3 is 14.9 Å². The molecule has 10 heteroatoms. The summed E-state index contributed by atoms with van der Waals surface area (Å²) < 4.78 is 5.23. The summed E-state index contributed by atoms with van der Waals surface area (Å²) in [6.45, 7) is 6.79. The van der Waals surface area contributed by atoms with E-state index in [2.05, 4.69) is 25.0 Å². The Hall–Kier alpha value is -2.39. The second kappa shape index (κ2) is 9.88. The maximum atomic E-state index is 12.3. The predicted octanol–water partition coefficient (Wildman–Crippen LogP) is 3.44. The Morgan fingerprint density at radius 2 is 1.72 bits per heavy atom. The van der Waals surface area contributed by atoms with Crippen molar-refractivity contribution in [2.45, 2.75) is 51.0 Å². The number of nitrogens with zero attached hydrogens (tertiary/aromatic N) is 1. The molecule has 0 aromatic heterocycles. The molecule has 1 unspecified atom stereocenters. The van der Waals surface area contributed by atoms with E-state index in [0.717, 1.165) is 6.04 Å². The van der Waals surface area contributed by atoms with Gasteiger partial charge in [0.25, 0.3) is 11.8 Å². The van der Waals surface area contributed by atoms with Crippen LogP contribution in [-0.2, 0) is 24.0 Å². The van der Waals surface area contributed by atoms with Gasteiger partial charge in [0.15, 0.2) is 0 Å². The molecule has 3 amide bonds. The molecule has 0 saturated carbocycles. The van der Waals surface area contributed by atoms with Gasteiger partial charge in [0, 0.05) is 25.9 Å². The number of imide groups is 1. The van der Waals surface area contributed by atoms with Crippen molar-refractivity contribution in [3.63, 3.8) is 0 Å². The third-order valence-electron chi connectivity index (χ3n) is 4.22. The third-order valence-corrected chi connectivity index (χ3v) is 6.18. The highest BCUT2D eigenvalue weighted by Gasteiger charge is 2.33. The first-order valence-electron chi connectivity index (χ1n) is 9.30. The Kier molecular flexibility index (Phi) is 7.80. The quantitative estimate of drug-likeness (QED) is 0.490. The average Bonchev–Trinajstić information content (AvgIpc) is 2.92. The third kappa shape index (κ3) is 7.50. The normalized spacial score (nSPS) is 15.2. The van der Waals surface area contributed by atoms with Crippen molar-refractivity contribution in [2.75, 3.05) is 6.61 Å². The fourth-order valence-corrected chi connectivity index (χ4v) is 3.39. The van der Waals surface area contributed by atoms with Gasteiger partial charge in [-0.25, -0.2) is 9.59 Å². The number of hydrogen-bond donors (Lipinski definition) is 1. The SMILES string of the molecule is C[Si](C)(C)CCOC(=O)NC(CC(=O)ON1C(=O)CCC1=O)c1ccc(Cl)cc1. The highest BCUT2D eigenvalue weighted by Crippen LogP contribution is 2.22. The highest BCUT2D eigenvalue weighted by molar-refractivity contribution is 6.76. The number of halogens is 1. The Balaban J connectivity index is 2.02. The lowest BCUT2D eigenvalue weighted by atomic mass is 10.0. The number of carbonyl (C=O) groups is 4. The van der Waals surface area contributed by atoms with Crippen molar-refractivity contribution in [3.05, 3.63) is 34.9 Å². The van der Waals surface area contributed by atoms with Gasteiger partial charge in [-0.15, -0.1) is 5.06 Å². The fraction of sp³-hybridized carbons (Fsp3) is 0.474. The Labute approximate surface area is 175 Å². The summed E-state index contributed by atoms with van der Waals surface area (Å²) in [5.41, 5.74) is 0.604. The Morgan fingerprint density at radius 1 is 1.14 bits per heavy atom. The molecule has 29 heavy (non-hydrogen) atoms. The Morgan fingerprint density at radius 3 is 2.28 bits per heavy atom. The molecule has 1 aromatic rings. The van der Waals surface area contributed by atoms with Crippen molar-refractivity contribution in [3.8, 4) is 0 Å². The summed E-state index contributed by atoms with van der Waals surface area (Å²) in [4.78, 5) is 52.6. The van der Waals surface area contributed by atoms with Crippen LogP contribution in [0.5, 0.6) is 0 Å². The van der Waals surface area contributed by atoms with Crippen molar-refractivity contribution < 1.29 is 28.8 Å². The zero-order valence-corrected chi connectivity index (χ0v) is 18.5. The van der Waals surface area contributed by atoms with E-state index in [1.165, 1.54) is 0 Å². The molecule has 158 valence electrons. The molecule has 1 saturated heterocycles. The number of rotatable bonds is 8. The highest BCUT2D eigenvalue weighted by atomic mass is 35.5. The largest absolute Gasteiger partial charge is 0.450 e. The standard InChI is InChI=1S/C19H25ClN2O6Si/c1-29(2,3)11-10-27-19(26)21-15(13-4-6-14(20)7-5-13)12-18(25)28-22-16(23)8-9-17(22)24/h4-7,15H,8-12H2,1-3H3,(H,21,26). The molecule has 1 fully saturated rings. The monoisotopic (exact) mass is 440 g/mol. The van der Waals surface area contributed by atoms with Crippen LogP contribution < -0.4 is 5.32 Å². The van der Waals surface area contributed by atoms with Crippen LogP contribution in [0.25, 0.3) is 0 Å². The number of benzene rings is 1. The second-order valence-corrected chi connectivity index (χ2v) is 14.0. The van der Waals surface area contributed by atoms with Crippen LogP contribution in [-0.4, -0.2) is 43.6 Å². The van der Waals surface area contributed by atoms with Gasteiger partial charge in [-0.3, -0.25) is 9.59 Å². The zero-order chi connectivity index (χ0) is 21.6. The minimum absolute atomic E-state index is 0.00833. The lowest BCUT2D eigenvalue weighted by Crippen LogP contribution is -2.36. The number of nitrogens with one attached hydrogen (secondary N) is 1. The molecule has 1 atom stereocenters. The summed E-state index contributed by atoms with van der Waals surface area (Å²) in [6, 6.07) is 6.62. The summed E-state index contributed by atoms with van der Waals surface area (Å²) in [5, 5.41) is 3.62. The molecule has 1 N–H and O–H groups in total. The predicted molar refractivity (Wildman–Crippen MR) is 109 cm³/mol. The number of alkyl carbamates (subject to hydrolysis) is 1. The van der Waals surface area contributed by atoms with Crippen molar-refractivity contribution in [2.24, 2.45) is 0 Å². The van der Waals surface area contributed by atoms with E-state index in [-0.39, 0.29) is 25.9 Å². The lowest BCUT2D eigenvalue weighted by Gasteiger charge is -2.21. The zero-order valence-electron chi connectivity index (χ0n) is 16.7. The van der Waals surface area contributed by atoms with E-state index < -0.39 is 38.0 Å². The molecule has 1 aromatic carbocycles. The van der Waals surface area contributed by atoms with E-state index in [9.17, 15) is 19.2 Å². The lowest BCUT2D eigenvalue weighted by molar-refractivity contribution is -0.197. The van der Waals surface area contributed by atoms with Crippen LogP contribution in [0.1, 0.15) is 30.9 Å². The van der Waals surface area contributed by atoms with Gasteiger partial charge in [-0.1, -0.05) is 43.4 Å². The van der Waals surface area contributed by atoms with E-state index in [1.807, 2.05) is 0 Å². The molecular weight excluding hydrogens is 416 g/mol. The maximum Gasteiger partial charge on any atom is 0.407 e. The first-order chi connectivity index (χ1) is 13.5. The van der Waals surface area contributed by atoms with Gasteiger partial charge in [0.05, 0.1) is 19.1 Å². The minimum Gasteiger partial charge on any atom is -0.450 e. The van der Waals surface area contributed by atoms with Gasteiger partial charge in [0.2, 0.25) is 0 Å². The smallest absolute Gasteiger partial charge is 0.407 e. The van der Waals surface area contributed by atoms with Crippen LogP contribution in [0.3, 0.4) is 0 Å². The Bertz CT molecular complexity index is 762. The molecule has 0 spiro atoms. The molecule has 8 nitrogen and oxygen atoms in total. The summed E-state index contributed by atoms with van der Waals surface area (Å²) in [7, 11) is -1.36. The van der Waals surface area contributed by atoms with Crippen LogP contribution >= 0.6 is 11.6 Å². The first kappa shape index (κ1) is 22.9. The van der Waals surface area contributed by atoms with Crippen molar-refractivity contribution in [1.29, 1.82) is 0 Å². The fourth-order valence-electron chi connectivity index (χ4n) is 2.54. The molecule has 2 rings (SSSR count). The topological polar surface area (TPSA) is 102 Å². The minimum atomic E-state index is -1.36. The van der Waals surface area contributed by atoms with E-state index >= 15 is 0 Å².